The van der Waals surface area contributed by atoms with Gasteiger partial charge in [-0.3, -0.25) is 0 Å². The second kappa shape index (κ2) is 6.83. The first-order valence-corrected chi connectivity index (χ1v) is 7.14. The van der Waals surface area contributed by atoms with Gasteiger partial charge in [-0.2, -0.15) is 0 Å². The number of halogens is 2. The summed E-state index contributed by atoms with van der Waals surface area (Å²) in [4.78, 5) is 3.99. The van der Waals surface area contributed by atoms with E-state index in [9.17, 15) is 13.9 Å². The van der Waals surface area contributed by atoms with Crippen LogP contribution in [0.15, 0.2) is 6.07 Å². The van der Waals surface area contributed by atoms with Crippen molar-refractivity contribution >= 4 is 11.6 Å². The third kappa shape index (κ3) is 3.79. The van der Waals surface area contributed by atoms with Gasteiger partial charge in [0.2, 0.25) is 0 Å². The fraction of sp³-hybridized carbons (Fsp3) is 0.643. The minimum absolute atomic E-state index is 0.0740. The van der Waals surface area contributed by atoms with Gasteiger partial charge in [-0.05, 0) is 32.1 Å². The summed E-state index contributed by atoms with van der Waals surface area (Å²) in [7, 11) is 0. The van der Waals surface area contributed by atoms with Gasteiger partial charge in [0, 0.05) is 18.7 Å². The summed E-state index contributed by atoms with van der Waals surface area (Å²) in [5.41, 5.74) is 0. The summed E-state index contributed by atoms with van der Waals surface area (Å²) in [5, 5.41) is 15.3. The second-order valence-electron chi connectivity index (χ2n) is 5.23. The minimum Gasteiger partial charge on any atom is -0.393 e. The summed E-state index contributed by atoms with van der Waals surface area (Å²) in [5.74, 6) is -1.21. The molecule has 2 rings (SSSR count). The van der Waals surface area contributed by atoms with Crippen LogP contribution < -0.4 is 10.6 Å². The van der Waals surface area contributed by atoms with Crippen molar-refractivity contribution in [1.82, 2.24) is 4.98 Å². The highest BCUT2D eigenvalue weighted by Crippen LogP contribution is 2.24. The van der Waals surface area contributed by atoms with Gasteiger partial charge < -0.3 is 15.7 Å². The second-order valence-corrected chi connectivity index (χ2v) is 5.23. The Hall–Kier alpha value is -1.43. The Morgan fingerprint density at radius 1 is 1.20 bits per heavy atom. The summed E-state index contributed by atoms with van der Waals surface area (Å²) >= 11 is 0. The molecule has 0 saturated heterocycles. The Morgan fingerprint density at radius 2 is 1.85 bits per heavy atom. The Morgan fingerprint density at radius 3 is 2.50 bits per heavy atom. The Kier molecular flexibility index (Phi) is 5.11. The monoisotopic (exact) mass is 285 g/mol. The predicted molar refractivity (Wildman–Crippen MR) is 74.8 cm³/mol. The molecule has 0 radical (unpaired) electrons. The molecule has 112 valence electrons. The number of rotatable bonds is 5. The molecular formula is C14H21F2N3O. The standard InChI is InChI=1S/C14H21F2N3O/c1-2-7-17-13-11(15)8-12(16)14(19-13)18-9-3-5-10(20)6-4-9/h8-10,20H,2-7H2,1H3,(H2,17,18,19). The van der Waals surface area contributed by atoms with Gasteiger partial charge in [-0.25, -0.2) is 13.8 Å². The molecule has 0 amide bonds. The zero-order valence-corrected chi connectivity index (χ0v) is 11.6. The van der Waals surface area contributed by atoms with Crippen molar-refractivity contribution in [1.29, 1.82) is 0 Å². The summed E-state index contributed by atoms with van der Waals surface area (Å²) in [6.07, 6.45) is 3.49. The van der Waals surface area contributed by atoms with E-state index in [1.54, 1.807) is 0 Å². The van der Waals surface area contributed by atoms with Crippen LogP contribution >= 0.6 is 0 Å². The van der Waals surface area contributed by atoms with Crippen molar-refractivity contribution in [3.05, 3.63) is 17.7 Å². The molecule has 0 atom stereocenters. The van der Waals surface area contributed by atoms with E-state index >= 15 is 0 Å². The first-order chi connectivity index (χ1) is 9.60. The highest BCUT2D eigenvalue weighted by molar-refractivity contribution is 5.48. The zero-order valence-electron chi connectivity index (χ0n) is 11.6. The molecule has 1 fully saturated rings. The smallest absolute Gasteiger partial charge is 0.168 e. The number of nitrogens with zero attached hydrogens (tertiary/aromatic N) is 1. The normalized spacial score (nSPS) is 22.6. The number of anilines is 2. The lowest BCUT2D eigenvalue weighted by atomic mass is 9.93. The molecule has 1 aromatic heterocycles. The number of hydrogen-bond acceptors (Lipinski definition) is 4. The van der Waals surface area contributed by atoms with Crippen LogP contribution in [0.25, 0.3) is 0 Å². The maximum Gasteiger partial charge on any atom is 0.168 e. The van der Waals surface area contributed by atoms with Gasteiger partial charge in [0.1, 0.15) is 0 Å². The number of pyridine rings is 1. The van der Waals surface area contributed by atoms with Gasteiger partial charge in [0.05, 0.1) is 6.10 Å². The zero-order chi connectivity index (χ0) is 14.5. The van der Waals surface area contributed by atoms with Gasteiger partial charge in [0.25, 0.3) is 0 Å². The van der Waals surface area contributed by atoms with Crippen LogP contribution in [-0.2, 0) is 0 Å². The fourth-order valence-corrected chi connectivity index (χ4v) is 2.35. The van der Waals surface area contributed by atoms with E-state index in [0.29, 0.717) is 19.4 Å². The van der Waals surface area contributed by atoms with E-state index in [1.807, 2.05) is 6.92 Å². The first kappa shape index (κ1) is 15.0. The largest absolute Gasteiger partial charge is 0.393 e. The van der Waals surface area contributed by atoms with Crippen molar-refractivity contribution in [2.75, 3.05) is 17.2 Å². The molecule has 1 aliphatic rings. The lowest BCUT2D eigenvalue weighted by Gasteiger charge is -2.26. The molecule has 1 aromatic rings. The van der Waals surface area contributed by atoms with E-state index in [-0.39, 0.29) is 23.8 Å². The molecule has 3 N–H and O–H groups in total. The average molecular weight is 285 g/mol. The Bertz CT molecular complexity index is 448. The summed E-state index contributed by atoms with van der Waals surface area (Å²) in [6, 6.07) is 0.926. The van der Waals surface area contributed by atoms with Crippen LogP contribution in [0.2, 0.25) is 0 Å². The van der Waals surface area contributed by atoms with Crippen molar-refractivity contribution in [2.24, 2.45) is 0 Å². The SMILES string of the molecule is CCCNc1nc(NC2CCC(O)CC2)c(F)cc1F. The molecule has 0 spiro atoms. The highest BCUT2D eigenvalue weighted by atomic mass is 19.1. The van der Waals surface area contributed by atoms with E-state index in [0.717, 1.165) is 25.3 Å². The molecule has 6 heteroatoms. The third-order valence-electron chi connectivity index (χ3n) is 3.51. The third-order valence-corrected chi connectivity index (χ3v) is 3.51. The number of aromatic nitrogens is 1. The fourth-order valence-electron chi connectivity index (χ4n) is 2.35. The number of aliphatic hydroxyl groups excluding tert-OH is 1. The quantitative estimate of drug-likeness (QED) is 0.778. The Balaban J connectivity index is 2.06. The number of nitrogens with one attached hydrogen (secondary N) is 2. The van der Waals surface area contributed by atoms with E-state index in [1.165, 1.54) is 0 Å². The molecule has 1 heterocycles. The van der Waals surface area contributed by atoms with Crippen LogP contribution in [0.4, 0.5) is 20.4 Å². The lowest BCUT2D eigenvalue weighted by Crippen LogP contribution is -2.29. The molecule has 1 aliphatic carbocycles. The van der Waals surface area contributed by atoms with Crippen LogP contribution in [0, 0.1) is 11.6 Å². The van der Waals surface area contributed by atoms with Crippen molar-refractivity contribution in [2.45, 2.75) is 51.2 Å². The van der Waals surface area contributed by atoms with Crippen molar-refractivity contribution < 1.29 is 13.9 Å². The minimum atomic E-state index is -0.685. The highest BCUT2D eigenvalue weighted by Gasteiger charge is 2.21. The van der Waals surface area contributed by atoms with Gasteiger partial charge in [0.15, 0.2) is 23.3 Å². The maximum absolute atomic E-state index is 13.7. The van der Waals surface area contributed by atoms with Crippen LogP contribution in [0.3, 0.4) is 0 Å². The summed E-state index contributed by atoms with van der Waals surface area (Å²) in [6.45, 7) is 2.55. The van der Waals surface area contributed by atoms with Gasteiger partial charge >= 0.3 is 0 Å². The van der Waals surface area contributed by atoms with E-state index in [2.05, 4.69) is 15.6 Å². The molecule has 20 heavy (non-hydrogen) atoms. The topological polar surface area (TPSA) is 57.2 Å². The average Bonchev–Trinajstić information content (AvgIpc) is 2.43. The lowest BCUT2D eigenvalue weighted by molar-refractivity contribution is 0.126. The van der Waals surface area contributed by atoms with E-state index < -0.39 is 11.6 Å². The molecule has 0 aliphatic heterocycles. The first-order valence-electron chi connectivity index (χ1n) is 7.14. The van der Waals surface area contributed by atoms with Gasteiger partial charge in [-0.15, -0.1) is 0 Å². The maximum atomic E-state index is 13.7. The molecule has 4 nitrogen and oxygen atoms in total. The van der Waals surface area contributed by atoms with Crippen LogP contribution in [0.1, 0.15) is 39.0 Å². The number of hydrogen-bond donors (Lipinski definition) is 3. The molecule has 0 unspecified atom stereocenters. The Labute approximate surface area is 117 Å². The van der Waals surface area contributed by atoms with Crippen molar-refractivity contribution in [3.63, 3.8) is 0 Å². The summed E-state index contributed by atoms with van der Waals surface area (Å²) < 4.78 is 27.3. The predicted octanol–water partition coefficient (Wildman–Crippen LogP) is 2.90. The van der Waals surface area contributed by atoms with E-state index in [4.69, 9.17) is 0 Å². The van der Waals surface area contributed by atoms with Crippen LogP contribution in [-0.4, -0.2) is 28.8 Å². The van der Waals surface area contributed by atoms with Crippen molar-refractivity contribution in [3.8, 4) is 0 Å². The van der Waals surface area contributed by atoms with Gasteiger partial charge in [-0.1, -0.05) is 6.92 Å². The molecular weight excluding hydrogens is 264 g/mol. The molecule has 1 saturated carbocycles. The van der Waals surface area contributed by atoms with Crippen LogP contribution in [0.5, 0.6) is 0 Å². The number of aliphatic hydroxyl groups is 1. The molecule has 0 aromatic carbocycles. The molecule has 0 bridgehead atoms.